The van der Waals surface area contributed by atoms with Gasteiger partial charge in [0.1, 0.15) is 0 Å². The number of hydrogen-bond donors (Lipinski definition) is 0. The Hall–Kier alpha value is 0.400. The van der Waals surface area contributed by atoms with Crippen LogP contribution in [0.15, 0.2) is 0 Å². The van der Waals surface area contributed by atoms with E-state index in [1.54, 1.807) is 0 Å². The van der Waals surface area contributed by atoms with Gasteiger partial charge in [0, 0.05) is 24.5 Å². The van der Waals surface area contributed by atoms with Gasteiger partial charge < -0.3 is 4.74 Å². The second-order valence-electron chi connectivity index (χ2n) is 6.38. The van der Waals surface area contributed by atoms with Crippen molar-refractivity contribution in [3.8, 4) is 0 Å². The van der Waals surface area contributed by atoms with Gasteiger partial charge in [0.2, 0.25) is 0 Å². The lowest BCUT2D eigenvalue weighted by Gasteiger charge is -2.42. The molecule has 0 saturated carbocycles. The molecule has 1 rings (SSSR count). The zero-order valence-electron chi connectivity index (χ0n) is 12.0. The lowest BCUT2D eigenvalue weighted by Crippen LogP contribution is -2.51. The highest BCUT2D eigenvalue weighted by Crippen LogP contribution is 2.30. The molecule has 0 radical (unpaired) electrons. The molecule has 0 N–H and O–H groups in total. The summed E-state index contributed by atoms with van der Waals surface area (Å²) in [5.41, 5.74) is 0.364. The summed E-state index contributed by atoms with van der Waals surface area (Å²) in [5.74, 6) is 0.696. The maximum Gasteiger partial charge on any atom is 0.0674 e. The van der Waals surface area contributed by atoms with E-state index in [4.69, 9.17) is 4.74 Å². The van der Waals surface area contributed by atoms with Crippen molar-refractivity contribution in [2.75, 3.05) is 25.0 Å². The molecule has 0 bridgehead atoms. The SMILES string of the molecule is CCC1COC(C)CN1CC(CBr)C(C)(C)C. The Morgan fingerprint density at radius 3 is 2.53 bits per heavy atom. The third-order valence-corrected chi connectivity index (χ3v) is 4.70. The highest BCUT2D eigenvalue weighted by molar-refractivity contribution is 9.09. The highest BCUT2D eigenvalue weighted by atomic mass is 79.9. The van der Waals surface area contributed by atoms with Gasteiger partial charge in [-0.1, -0.05) is 43.6 Å². The summed E-state index contributed by atoms with van der Waals surface area (Å²) in [6.45, 7) is 14.6. The first-order chi connectivity index (χ1) is 7.88. The number of morpholine rings is 1. The molecule has 1 heterocycles. The van der Waals surface area contributed by atoms with Crippen LogP contribution in [-0.2, 0) is 4.74 Å². The van der Waals surface area contributed by atoms with E-state index in [1.807, 2.05) is 0 Å². The van der Waals surface area contributed by atoms with Gasteiger partial charge in [0.25, 0.3) is 0 Å². The van der Waals surface area contributed by atoms with Crippen LogP contribution >= 0.6 is 15.9 Å². The average Bonchev–Trinajstić information content (AvgIpc) is 2.24. The van der Waals surface area contributed by atoms with Crippen molar-refractivity contribution in [2.24, 2.45) is 11.3 Å². The minimum absolute atomic E-state index is 0.364. The summed E-state index contributed by atoms with van der Waals surface area (Å²) in [4.78, 5) is 2.63. The molecule has 1 saturated heterocycles. The Labute approximate surface area is 115 Å². The molecule has 3 unspecified atom stereocenters. The van der Waals surface area contributed by atoms with E-state index in [1.165, 1.54) is 13.0 Å². The van der Waals surface area contributed by atoms with Gasteiger partial charge in [-0.2, -0.15) is 0 Å². The number of hydrogen-bond acceptors (Lipinski definition) is 2. The van der Waals surface area contributed by atoms with Crippen molar-refractivity contribution in [2.45, 2.75) is 53.2 Å². The molecule has 0 aromatic rings. The first-order valence-corrected chi connectivity index (χ1v) is 7.92. The van der Waals surface area contributed by atoms with Crippen LogP contribution in [-0.4, -0.2) is 42.1 Å². The zero-order valence-corrected chi connectivity index (χ0v) is 13.6. The Bertz CT molecular complexity index is 227. The molecule has 0 aliphatic carbocycles. The molecule has 3 atom stereocenters. The Balaban J connectivity index is 2.62. The van der Waals surface area contributed by atoms with Gasteiger partial charge in [-0.3, -0.25) is 4.90 Å². The molecule has 102 valence electrons. The van der Waals surface area contributed by atoms with Crippen molar-refractivity contribution >= 4 is 15.9 Å². The molecule has 1 aliphatic heterocycles. The van der Waals surface area contributed by atoms with Crippen molar-refractivity contribution in [1.82, 2.24) is 4.90 Å². The second kappa shape index (κ2) is 6.53. The monoisotopic (exact) mass is 305 g/mol. The number of alkyl halides is 1. The summed E-state index contributed by atoms with van der Waals surface area (Å²) in [6.07, 6.45) is 1.57. The van der Waals surface area contributed by atoms with Gasteiger partial charge in [-0.25, -0.2) is 0 Å². The first-order valence-electron chi connectivity index (χ1n) is 6.80. The molecular formula is C14H28BrNO. The molecule has 17 heavy (non-hydrogen) atoms. The highest BCUT2D eigenvalue weighted by Gasteiger charge is 2.31. The predicted octanol–water partition coefficient (Wildman–Crippen LogP) is 3.54. The fourth-order valence-electron chi connectivity index (χ4n) is 2.35. The fraction of sp³-hybridized carbons (Fsp3) is 1.00. The minimum Gasteiger partial charge on any atom is -0.376 e. The maximum atomic E-state index is 5.76. The van der Waals surface area contributed by atoms with Crippen LogP contribution in [0, 0.1) is 11.3 Å². The number of halogens is 1. The Kier molecular flexibility index (Phi) is 5.94. The van der Waals surface area contributed by atoms with Crippen LogP contribution in [0.1, 0.15) is 41.0 Å². The van der Waals surface area contributed by atoms with Crippen LogP contribution < -0.4 is 0 Å². The minimum atomic E-state index is 0.364. The number of ether oxygens (including phenoxy) is 1. The van der Waals surface area contributed by atoms with Crippen molar-refractivity contribution < 1.29 is 4.74 Å². The molecule has 0 amide bonds. The van der Waals surface area contributed by atoms with Crippen molar-refractivity contribution in [1.29, 1.82) is 0 Å². The smallest absolute Gasteiger partial charge is 0.0674 e. The quantitative estimate of drug-likeness (QED) is 0.737. The molecule has 1 aliphatic rings. The van der Waals surface area contributed by atoms with E-state index in [0.29, 0.717) is 23.5 Å². The molecule has 3 heteroatoms. The summed E-state index contributed by atoms with van der Waals surface area (Å²) in [7, 11) is 0. The van der Waals surface area contributed by atoms with Gasteiger partial charge in [0.15, 0.2) is 0 Å². The molecule has 2 nitrogen and oxygen atoms in total. The Morgan fingerprint density at radius 2 is 2.06 bits per heavy atom. The Morgan fingerprint density at radius 1 is 1.41 bits per heavy atom. The summed E-state index contributed by atoms with van der Waals surface area (Å²) in [5, 5.41) is 1.08. The van der Waals surface area contributed by atoms with E-state index in [0.717, 1.165) is 18.5 Å². The maximum absolute atomic E-state index is 5.76. The normalized spacial score (nSPS) is 29.3. The third kappa shape index (κ3) is 4.53. The van der Waals surface area contributed by atoms with Gasteiger partial charge in [0.05, 0.1) is 12.7 Å². The van der Waals surface area contributed by atoms with Gasteiger partial charge in [-0.15, -0.1) is 0 Å². The summed E-state index contributed by atoms with van der Waals surface area (Å²) in [6, 6.07) is 0.607. The standard InChI is InChI=1S/C14H28BrNO/c1-6-13-10-17-11(2)8-16(13)9-12(7-15)14(3,4)5/h11-13H,6-10H2,1-5H3. The number of nitrogens with zero attached hydrogens (tertiary/aromatic N) is 1. The largest absolute Gasteiger partial charge is 0.376 e. The molecule has 0 aromatic carbocycles. The summed E-state index contributed by atoms with van der Waals surface area (Å²) >= 11 is 3.68. The first kappa shape index (κ1) is 15.5. The fourth-order valence-corrected chi connectivity index (χ4v) is 3.53. The van der Waals surface area contributed by atoms with Crippen molar-refractivity contribution in [3.63, 3.8) is 0 Å². The van der Waals surface area contributed by atoms with Crippen LogP contribution in [0.2, 0.25) is 0 Å². The van der Waals surface area contributed by atoms with E-state index < -0.39 is 0 Å². The van der Waals surface area contributed by atoms with Crippen LogP contribution in [0.3, 0.4) is 0 Å². The van der Waals surface area contributed by atoms with Gasteiger partial charge in [-0.05, 0) is 24.7 Å². The van der Waals surface area contributed by atoms with Crippen LogP contribution in [0.4, 0.5) is 0 Å². The van der Waals surface area contributed by atoms with Crippen LogP contribution in [0.25, 0.3) is 0 Å². The van der Waals surface area contributed by atoms with E-state index in [2.05, 4.69) is 55.4 Å². The van der Waals surface area contributed by atoms with E-state index in [9.17, 15) is 0 Å². The third-order valence-electron chi connectivity index (χ3n) is 3.92. The lowest BCUT2D eigenvalue weighted by atomic mass is 9.81. The van der Waals surface area contributed by atoms with Gasteiger partial charge >= 0.3 is 0 Å². The molecule has 0 aromatic heterocycles. The van der Waals surface area contributed by atoms with Crippen molar-refractivity contribution in [3.05, 3.63) is 0 Å². The predicted molar refractivity (Wildman–Crippen MR) is 77.8 cm³/mol. The molecule has 0 spiro atoms. The summed E-state index contributed by atoms with van der Waals surface area (Å²) < 4.78 is 5.76. The second-order valence-corrected chi connectivity index (χ2v) is 7.02. The molecular weight excluding hydrogens is 278 g/mol. The number of rotatable bonds is 4. The van der Waals surface area contributed by atoms with E-state index in [-0.39, 0.29) is 0 Å². The zero-order chi connectivity index (χ0) is 13.1. The topological polar surface area (TPSA) is 12.5 Å². The van der Waals surface area contributed by atoms with E-state index >= 15 is 0 Å². The molecule has 1 fully saturated rings. The van der Waals surface area contributed by atoms with Crippen LogP contribution in [0.5, 0.6) is 0 Å². The lowest BCUT2D eigenvalue weighted by molar-refractivity contribution is -0.0642. The average molecular weight is 306 g/mol.